The van der Waals surface area contributed by atoms with Gasteiger partial charge in [0.05, 0.1) is 19.6 Å². The number of aliphatic hydroxyl groups is 1. The minimum Gasteiger partial charge on any atom is -0.486 e. The van der Waals surface area contributed by atoms with E-state index < -0.39 is 11.5 Å². The summed E-state index contributed by atoms with van der Waals surface area (Å²) in [6, 6.07) is 5.83. The lowest BCUT2D eigenvalue weighted by Crippen LogP contribution is -2.46. The molecule has 0 aliphatic carbocycles. The van der Waals surface area contributed by atoms with E-state index in [4.69, 9.17) is 19.9 Å². The van der Waals surface area contributed by atoms with Crippen molar-refractivity contribution in [2.45, 2.75) is 18.6 Å². The van der Waals surface area contributed by atoms with Crippen molar-refractivity contribution in [1.82, 2.24) is 4.90 Å². The molecule has 126 valence electrons. The molecule has 1 atom stereocenters. The van der Waals surface area contributed by atoms with Crippen LogP contribution in [-0.4, -0.2) is 61.0 Å². The number of rotatable bonds is 4. The van der Waals surface area contributed by atoms with Crippen molar-refractivity contribution < 1.29 is 24.1 Å². The third kappa shape index (κ3) is 4.13. The van der Waals surface area contributed by atoms with Crippen molar-refractivity contribution in [3.05, 3.63) is 23.8 Å². The molecule has 1 fully saturated rings. The van der Waals surface area contributed by atoms with Crippen molar-refractivity contribution >= 4 is 5.91 Å². The molecule has 1 saturated heterocycles. The van der Waals surface area contributed by atoms with Crippen LogP contribution in [0, 0.1) is 0 Å². The van der Waals surface area contributed by atoms with Gasteiger partial charge in [0.1, 0.15) is 18.8 Å². The Morgan fingerprint density at radius 3 is 2.83 bits per heavy atom. The fourth-order valence-corrected chi connectivity index (χ4v) is 3.01. The second kappa shape index (κ2) is 6.74. The van der Waals surface area contributed by atoms with Gasteiger partial charge in [-0.25, -0.2) is 0 Å². The van der Waals surface area contributed by atoms with E-state index in [1.165, 1.54) is 0 Å². The molecule has 0 saturated carbocycles. The maximum Gasteiger partial charge on any atom is 0.220 e. The Balaban J connectivity index is 1.69. The van der Waals surface area contributed by atoms with E-state index in [0.29, 0.717) is 39.5 Å². The van der Waals surface area contributed by atoms with Gasteiger partial charge < -0.3 is 25.1 Å². The molecule has 0 aromatic heterocycles. The summed E-state index contributed by atoms with van der Waals surface area (Å²) in [6.45, 7) is 3.38. The minimum atomic E-state index is -1.24. The van der Waals surface area contributed by atoms with Crippen LogP contribution in [0.25, 0.3) is 0 Å². The van der Waals surface area contributed by atoms with Crippen LogP contribution in [0.5, 0.6) is 11.5 Å². The fraction of sp³-hybridized carbons (Fsp3) is 0.562. The monoisotopic (exact) mass is 322 g/mol. The molecule has 0 bridgehead atoms. The highest BCUT2D eigenvalue weighted by Gasteiger charge is 2.34. The van der Waals surface area contributed by atoms with Crippen molar-refractivity contribution in [3.8, 4) is 11.5 Å². The molecule has 23 heavy (non-hydrogen) atoms. The molecule has 0 radical (unpaired) electrons. The van der Waals surface area contributed by atoms with E-state index >= 15 is 0 Å². The number of amides is 1. The molecule has 2 aliphatic heterocycles. The molecule has 1 unspecified atom stereocenters. The van der Waals surface area contributed by atoms with Crippen LogP contribution < -0.4 is 15.2 Å². The van der Waals surface area contributed by atoms with Gasteiger partial charge in [0.2, 0.25) is 5.91 Å². The molecule has 7 nitrogen and oxygen atoms in total. The standard InChI is InChI=1S/C16H22N2O5/c17-15(19)8-16(20)10-18(3-4-21-11-16)9-12-1-2-13-14(7-12)23-6-5-22-13/h1-2,7,20H,3-6,8-11H2,(H2,17,19). The van der Waals surface area contributed by atoms with Crippen LogP contribution in [0.3, 0.4) is 0 Å². The number of ether oxygens (including phenoxy) is 3. The average Bonchev–Trinajstić information content (AvgIpc) is 2.67. The number of nitrogens with two attached hydrogens (primary N) is 1. The van der Waals surface area contributed by atoms with Crippen molar-refractivity contribution in [2.24, 2.45) is 5.73 Å². The van der Waals surface area contributed by atoms with Gasteiger partial charge in [-0.2, -0.15) is 0 Å². The highest BCUT2D eigenvalue weighted by molar-refractivity contribution is 5.75. The fourth-order valence-electron chi connectivity index (χ4n) is 3.01. The Morgan fingerprint density at radius 1 is 1.26 bits per heavy atom. The first-order valence-corrected chi connectivity index (χ1v) is 7.73. The van der Waals surface area contributed by atoms with Gasteiger partial charge in [-0.3, -0.25) is 9.69 Å². The first-order valence-electron chi connectivity index (χ1n) is 7.73. The molecule has 1 aromatic carbocycles. The number of nitrogens with zero attached hydrogens (tertiary/aromatic N) is 1. The molecule has 0 spiro atoms. The summed E-state index contributed by atoms with van der Waals surface area (Å²) in [6.07, 6.45) is -0.107. The summed E-state index contributed by atoms with van der Waals surface area (Å²) in [7, 11) is 0. The number of carbonyl (C=O) groups is 1. The summed E-state index contributed by atoms with van der Waals surface area (Å²) >= 11 is 0. The molecule has 1 amide bonds. The van der Waals surface area contributed by atoms with Gasteiger partial charge in [-0.1, -0.05) is 6.07 Å². The molecule has 1 aromatic rings. The van der Waals surface area contributed by atoms with E-state index in [9.17, 15) is 9.90 Å². The van der Waals surface area contributed by atoms with Gasteiger partial charge in [0, 0.05) is 19.6 Å². The maximum absolute atomic E-state index is 11.2. The molecular weight excluding hydrogens is 300 g/mol. The lowest BCUT2D eigenvalue weighted by Gasteiger charge is -2.30. The van der Waals surface area contributed by atoms with E-state index in [1.807, 2.05) is 18.2 Å². The zero-order valence-corrected chi connectivity index (χ0v) is 13.0. The smallest absolute Gasteiger partial charge is 0.220 e. The zero-order chi connectivity index (χ0) is 16.3. The Labute approximate surface area is 134 Å². The largest absolute Gasteiger partial charge is 0.486 e. The van der Waals surface area contributed by atoms with E-state index in [-0.39, 0.29) is 13.0 Å². The molecule has 3 rings (SSSR count). The lowest BCUT2D eigenvalue weighted by atomic mass is 9.99. The van der Waals surface area contributed by atoms with Crippen LogP contribution in [0.4, 0.5) is 0 Å². The zero-order valence-electron chi connectivity index (χ0n) is 13.0. The maximum atomic E-state index is 11.2. The van der Waals surface area contributed by atoms with Crippen LogP contribution >= 0.6 is 0 Å². The molecule has 2 heterocycles. The highest BCUT2D eigenvalue weighted by atomic mass is 16.6. The first kappa shape index (κ1) is 16.0. The molecule has 7 heteroatoms. The third-order valence-corrected chi connectivity index (χ3v) is 3.96. The summed E-state index contributed by atoms with van der Waals surface area (Å²) in [5.41, 5.74) is 5.04. The number of carbonyl (C=O) groups excluding carboxylic acids is 1. The highest BCUT2D eigenvalue weighted by Crippen LogP contribution is 2.31. The van der Waals surface area contributed by atoms with Gasteiger partial charge in [0.25, 0.3) is 0 Å². The average molecular weight is 322 g/mol. The third-order valence-electron chi connectivity index (χ3n) is 3.96. The van der Waals surface area contributed by atoms with Crippen molar-refractivity contribution in [1.29, 1.82) is 0 Å². The second-order valence-electron chi connectivity index (χ2n) is 6.11. The Hall–Kier alpha value is -1.83. The quantitative estimate of drug-likeness (QED) is 0.804. The Bertz CT molecular complexity index is 580. The van der Waals surface area contributed by atoms with Crippen LogP contribution in [0.15, 0.2) is 18.2 Å². The van der Waals surface area contributed by atoms with E-state index in [2.05, 4.69) is 4.90 Å². The summed E-state index contributed by atoms with van der Waals surface area (Å²) < 4.78 is 16.5. The van der Waals surface area contributed by atoms with Crippen LogP contribution in [-0.2, 0) is 16.1 Å². The first-order chi connectivity index (χ1) is 11.0. The number of fused-ring (bicyclic) bond motifs is 1. The van der Waals surface area contributed by atoms with Gasteiger partial charge >= 0.3 is 0 Å². The van der Waals surface area contributed by atoms with Crippen molar-refractivity contribution in [2.75, 3.05) is 39.5 Å². The summed E-state index contributed by atoms with van der Waals surface area (Å²) in [5.74, 6) is 0.967. The van der Waals surface area contributed by atoms with Crippen molar-refractivity contribution in [3.63, 3.8) is 0 Å². The number of benzene rings is 1. The molecule has 2 aliphatic rings. The number of hydrogen-bond donors (Lipinski definition) is 2. The number of primary amides is 1. The Morgan fingerprint density at radius 2 is 2.04 bits per heavy atom. The topological polar surface area (TPSA) is 94.3 Å². The summed E-state index contributed by atoms with van der Waals surface area (Å²) in [5, 5.41) is 10.5. The second-order valence-corrected chi connectivity index (χ2v) is 6.11. The SMILES string of the molecule is NC(=O)CC1(O)COCCN(Cc2ccc3c(c2)OCCO3)C1. The lowest BCUT2D eigenvalue weighted by molar-refractivity contribution is -0.125. The van der Waals surface area contributed by atoms with E-state index in [1.54, 1.807) is 0 Å². The van der Waals surface area contributed by atoms with Gasteiger partial charge in [0.15, 0.2) is 11.5 Å². The van der Waals surface area contributed by atoms with Crippen LogP contribution in [0.1, 0.15) is 12.0 Å². The minimum absolute atomic E-state index is 0.107. The molecule has 3 N–H and O–H groups in total. The predicted octanol–water partition coefficient (Wildman–Crippen LogP) is -0.104. The number of hydrogen-bond acceptors (Lipinski definition) is 6. The van der Waals surface area contributed by atoms with Gasteiger partial charge in [-0.15, -0.1) is 0 Å². The normalized spacial score (nSPS) is 24.9. The number of β-amino-alcohol motifs (C(OH)–C–C–N with tert-alkyl or cyclic N) is 1. The summed E-state index contributed by atoms with van der Waals surface area (Å²) in [4.78, 5) is 13.2. The predicted molar refractivity (Wildman–Crippen MR) is 82.3 cm³/mol. The van der Waals surface area contributed by atoms with E-state index in [0.717, 1.165) is 17.1 Å². The molecular formula is C16H22N2O5. The Kier molecular flexibility index (Phi) is 4.70. The van der Waals surface area contributed by atoms with Crippen LogP contribution in [0.2, 0.25) is 0 Å². The van der Waals surface area contributed by atoms with Gasteiger partial charge in [-0.05, 0) is 17.7 Å².